The normalized spacial score (nSPS) is 42.3. The summed E-state index contributed by atoms with van der Waals surface area (Å²) in [5.41, 5.74) is -0.808. The third-order valence-corrected chi connectivity index (χ3v) is 11.6. The molecule has 2 saturated carbocycles. The molecule has 4 fully saturated rings. The number of hydroxylamine groups is 2. The molecule has 0 spiro atoms. The van der Waals surface area contributed by atoms with Crippen LogP contribution in [0.2, 0.25) is 0 Å². The SMILES string of the molecule is C[C@]12C=CC(=O)CC1=CC[C@@H]1[C@@H]2[C@@H](O)C[C@@]2(C)[C@H]1C[C@H]1CN(C(=O)c3ccccc3)O[C@]12C(=O)COC1CCCCO1. The maximum atomic E-state index is 14.5. The minimum atomic E-state index is -1.30. The van der Waals surface area contributed by atoms with Gasteiger partial charge in [-0.05, 0) is 68.6 Å². The van der Waals surface area contributed by atoms with E-state index in [4.69, 9.17) is 14.3 Å². The quantitative estimate of drug-likeness (QED) is 0.519. The zero-order valence-corrected chi connectivity index (χ0v) is 24.5. The first-order valence-corrected chi connectivity index (χ1v) is 15.6. The molecule has 8 nitrogen and oxygen atoms in total. The second kappa shape index (κ2) is 10.2. The van der Waals surface area contributed by atoms with Gasteiger partial charge in [-0.2, -0.15) is 0 Å². The molecule has 42 heavy (non-hydrogen) atoms. The van der Waals surface area contributed by atoms with Gasteiger partial charge in [0.15, 0.2) is 23.5 Å². The van der Waals surface area contributed by atoms with Crippen molar-refractivity contribution in [2.45, 2.75) is 76.8 Å². The third-order valence-electron chi connectivity index (χ3n) is 11.6. The van der Waals surface area contributed by atoms with E-state index in [0.29, 0.717) is 31.6 Å². The summed E-state index contributed by atoms with van der Waals surface area (Å²) in [6.45, 7) is 5.01. The van der Waals surface area contributed by atoms with Crippen molar-refractivity contribution < 1.29 is 33.8 Å². The van der Waals surface area contributed by atoms with Crippen molar-refractivity contribution >= 4 is 17.5 Å². The van der Waals surface area contributed by atoms with Crippen molar-refractivity contribution in [3.8, 4) is 0 Å². The van der Waals surface area contributed by atoms with Gasteiger partial charge < -0.3 is 14.6 Å². The number of aliphatic hydroxyl groups is 1. The monoisotopic (exact) mass is 575 g/mol. The van der Waals surface area contributed by atoms with Gasteiger partial charge in [0, 0.05) is 41.3 Å². The summed E-state index contributed by atoms with van der Waals surface area (Å²) in [6.07, 6.45) is 9.73. The summed E-state index contributed by atoms with van der Waals surface area (Å²) in [4.78, 5) is 47.0. The Morgan fingerprint density at radius 3 is 2.74 bits per heavy atom. The standard InChI is InChI=1S/C34H41NO7/c1-32-14-13-24(36)16-22(32)11-12-25-26-17-23-19-35(31(39)21-8-4-3-5-9-21)42-34(23,33(26,2)18-27(37)30(25)32)28(38)20-41-29-10-6-7-15-40-29/h3-5,8-9,11,13-14,23,25-27,29-30,37H,6-7,10,12,15-20H2,1-2H3/t23-,25-,26-,27-,29?,30+,32-,33-,34-/m0/s1. The summed E-state index contributed by atoms with van der Waals surface area (Å²) in [7, 11) is 0. The first kappa shape index (κ1) is 28.1. The van der Waals surface area contributed by atoms with Crippen molar-refractivity contribution in [3.05, 3.63) is 59.7 Å². The van der Waals surface area contributed by atoms with E-state index in [1.165, 1.54) is 5.06 Å². The molecule has 9 atom stereocenters. The van der Waals surface area contributed by atoms with Crippen molar-refractivity contribution in [1.82, 2.24) is 5.06 Å². The molecule has 4 aliphatic carbocycles. The van der Waals surface area contributed by atoms with Gasteiger partial charge in [0.2, 0.25) is 0 Å². The smallest absolute Gasteiger partial charge is 0.277 e. The van der Waals surface area contributed by atoms with E-state index >= 15 is 0 Å². The Hall–Kier alpha value is -2.65. The average molecular weight is 576 g/mol. The van der Waals surface area contributed by atoms with Crippen LogP contribution in [0, 0.1) is 34.5 Å². The number of carbonyl (C=O) groups excluding carboxylic acids is 3. The highest BCUT2D eigenvalue weighted by Gasteiger charge is 2.75. The van der Waals surface area contributed by atoms with Crippen molar-refractivity contribution in [2.24, 2.45) is 34.5 Å². The van der Waals surface area contributed by atoms with Crippen LogP contribution in [-0.4, -0.2) is 65.4 Å². The summed E-state index contributed by atoms with van der Waals surface area (Å²) in [6, 6.07) is 9.01. The Morgan fingerprint density at radius 1 is 1.17 bits per heavy atom. The van der Waals surface area contributed by atoms with Gasteiger partial charge in [0.25, 0.3) is 5.91 Å². The third kappa shape index (κ3) is 4.05. The number of rotatable bonds is 5. The fourth-order valence-corrected chi connectivity index (χ4v) is 9.74. The highest BCUT2D eigenvalue weighted by atomic mass is 16.7. The predicted octanol–water partition coefficient (Wildman–Crippen LogP) is 4.43. The van der Waals surface area contributed by atoms with Gasteiger partial charge in [-0.15, -0.1) is 0 Å². The summed E-state index contributed by atoms with van der Waals surface area (Å²) in [5.74, 6) is -0.410. The van der Waals surface area contributed by atoms with E-state index < -0.39 is 28.8 Å². The minimum absolute atomic E-state index is 0.0557. The largest absolute Gasteiger partial charge is 0.393 e. The van der Waals surface area contributed by atoms with Crippen LogP contribution >= 0.6 is 0 Å². The van der Waals surface area contributed by atoms with E-state index in [1.807, 2.05) is 24.3 Å². The molecule has 7 rings (SSSR count). The van der Waals surface area contributed by atoms with Crippen molar-refractivity contribution in [3.63, 3.8) is 0 Å². The number of fused-ring (bicyclic) bond motifs is 7. The number of allylic oxidation sites excluding steroid dienone is 4. The average Bonchev–Trinajstić information content (AvgIpc) is 3.50. The highest BCUT2D eigenvalue weighted by molar-refractivity contribution is 5.96. The molecule has 224 valence electrons. The fourth-order valence-electron chi connectivity index (χ4n) is 9.74. The fraction of sp³-hybridized carbons (Fsp3) is 0.618. The summed E-state index contributed by atoms with van der Waals surface area (Å²) >= 11 is 0. The predicted molar refractivity (Wildman–Crippen MR) is 153 cm³/mol. The number of ketones is 2. The second-order valence-corrected chi connectivity index (χ2v) is 13.7. The first-order chi connectivity index (χ1) is 20.2. The van der Waals surface area contributed by atoms with E-state index in [9.17, 15) is 19.5 Å². The van der Waals surface area contributed by atoms with E-state index in [0.717, 1.165) is 37.7 Å². The molecule has 0 aromatic heterocycles. The molecule has 2 heterocycles. The van der Waals surface area contributed by atoms with E-state index in [-0.39, 0.29) is 47.8 Å². The summed E-state index contributed by atoms with van der Waals surface area (Å²) < 4.78 is 11.8. The maximum absolute atomic E-state index is 14.5. The Bertz CT molecular complexity index is 1330. The van der Waals surface area contributed by atoms with Gasteiger partial charge in [0.1, 0.15) is 6.61 Å². The second-order valence-electron chi connectivity index (χ2n) is 13.7. The van der Waals surface area contributed by atoms with Gasteiger partial charge in [0.05, 0.1) is 12.6 Å². The number of aliphatic hydroxyl groups excluding tert-OH is 1. The number of nitrogens with zero attached hydrogens (tertiary/aromatic N) is 1. The molecule has 6 aliphatic rings. The lowest BCUT2D eigenvalue weighted by atomic mass is 9.47. The number of hydrogen-bond acceptors (Lipinski definition) is 7. The highest BCUT2D eigenvalue weighted by Crippen LogP contribution is 2.70. The van der Waals surface area contributed by atoms with Crippen LogP contribution in [0.3, 0.4) is 0 Å². The summed E-state index contributed by atoms with van der Waals surface area (Å²) in [5, 5.41) is 13.3. The number of amides is 1. The first-order valence-electron chi connectivity index (χ1n) is 15.6. The Kier molecular flexibility index (Phi) is 6.85. The molecular weight excluding hydrogens is 534 g/mol. The van der Waals surface area contributed by atoms with Gasteiger partial charge in [-0.3, -0.25) is 19.2 Å². The maximum Gasteiger partial charge on any atom is 0.277 e. The molecule has 0 bridgehead atoms. The molecule has 1 aromatic carbocycles. The van der Waals surface area contributed by atoms with Crippen LogP contribution in [0.15, 0.2) is 54.1 Å². The van der Waals surface area contributed by atoms with Crippen LogP contribution in [0.5, 0.6) is 0 Å². The lowest BCUT2D eigenvalue weighted by Gasteiger charge is -2.59. The Morgan fingerprint density at radius 2 is 1.98 bits per heavy atom. The van der Waals surface area contributed by atoms with E-state index in [1.54, 1.807) is 18.2 Å². The van der Waals surface area contributed by atoms with Gasteiger partial charge in [-0.1, -0.05) is 49.8 Å². The zero-order valence-electron chi connectivity index (χ0n) is 24.5. The number of Topliss-reactive ketones (excluding diaryl/α,β-unsaturated/α-hetero) is 1. The Balaban J connectivity index is 1.24. The molecule has 1 unspecified atom stereocenters. The van der Waals surface area contributed by atoms with Crippen molar-refractivity contribution in [1.29, 1.82) is 0 Å². The van der Waals surface area contributed by atoms with Crippen molar-refractivity contribution in [2.75, 3.05) is 19.8 Å². The lowest BCUT2D eigenvalue weighted by molar-refractivity contribution is -0.238. The van der Waals surface area contributed by atoms with Crippen LogP contribution in [0.25, 0.3) is 0 Å². The molecule has 1 N–H and O–H groups in total. The number of hydrogen-bond donors (Lipinski definition) is 1. The minimum Gasteiger partial charge on any atom is -0.393 e. The molecule has 2 aliphatic heterocycles. The zero-order chi connectivity index (χ0) is 29.3. The van der Waals surface area contributed by atoms with Gasteiger partial charge in [-0.25, -0.2) is 5.06 Å². The molecular formula is C34H41NO7. The number of ether oxygens (including phenoxy) is 2. The molecule has 2 saturated heterocycles. The topological polar surface area (TPSA) is 102 Å². The van der Waals surface area contributed by atoms with Crippen LogP contribution in [0.1, 0.15) is 69.2 Å². The number of benzene rings is 1. The van der Waals surface area contributed by atoms with E-state index in [2.05, 4.69) is 19.9 Å². The molecule has 8 heteroatoms. The number of carbonyl (C=O) groups is 3. The molecule has 1 aromatic rings. The lowest BCUT2D eigenvalue weighted by Crippen LogP contribution is -2.63. The Labute approximate surface area is 247 Å². The van der Waals surface area contributed by atoms with Crippen LogP contribution in [-0.2, 0) is 23.9 Å². The van der Waals surface area contributed by atoms with Crippen LogP contribution in [0.4, 0.5) is 0 Å². The molecule has 1 amide bonds. The molecule has 0 radical (unpaired) electrons. The van der Waals surface area contributed by atoms with Crippen LogP contribution < -0.4 is 0 Å². The van der Waals surface area contributed by atoms with Gasteiger partial charge >= 0.3 is 0 Å².